The lowest BCUT2D eigenvalue weighted by Gasteiger charge is -2.36. The van der Waals surface area contributed by atoms with Crippen LogP contribution in [0.4, 0.5) is 0 Å². The second-order valence-corrected chi connectivity index (χ2v) is 5.78. The molecule has 2 N–H and O–H groups in total. The van der Waals surface area contributed by atoms with E-state index < -0.39 is 0 Å². The van der Waals surface area contributed by atoms with E-state index >= 15 is 0 Å². The molecule has 0 radical (unpaired) electrons. The van der Waals surface area contributed by atoms with E-state index in [-0.39, 0.29) is 6.61 Å². The Kier molecular flexibility index (Phi) is 8.63. The minimum Gasteiger partial charge on any atom is -0.390 e. The van der Waals surface area contributed by atoms with Crippen LogP contribution in [0.1, 0.15) is 58.8 Å². The van der Waals surface area contributed by atoms with Crippen molar-refractivity contribution in [3.8, 4) is 0 Å². The van der Waals surface area contributed by atoms with Crippen LogP contribution < -0.4 is 5.32 Å². The maximum atomic E-state index is 9.27. The molecule has 1 rings (SSSR count). The van der Waals surface area contributed by atoms with Crippen molar-refractivity contribution in [1.82, 2.24) is 5.32 Å². The Balaban J connectivity index is 2.15. The van der Waals surface area contributed by atoms with Crippen LogP contribution in [-0.2, 0) is 0 Å². The zero-order chi connectivity index (χ0) is 14.7. The molecule has 2 atom stereocenters. The molecule has 0 aromatic carbocycles. The largest absolute Gasteiger partial charge is 0.390 e. The second-order valence-electron chi connectivity index (χ2n) is 5.78. The van der Waals surface area contributed by atoms with Gasteiger partial charge in [0.15, 0.2) is 6.17 Å². The van der Waals surface area contributed by atoms with Crippen molar-refractivity contribution in [3.63, 3.8) is 0 Å². The van der Waals surface area contributed by atoms with Crippen LogP contribution in [0.3, 0.4) is 0 Å². The molecule has 116 valence electrons. The molecule has 0 saturated carbocycles. The average molecular weight is 281 g/mol. The number of aliphatic hydroxyl groups is 1. The summed E-state index contributed by atoms with van der Waals surface area (Å²) >= 11 is 0. The summed E-state index contributed by atoms with van der Waals surface area (Å²) < 4.78 is 0.901. The van der Waals surface area contributed by atoms with Crippen LogP contribution in [0, 0.1) is 0 Å². The summed E-state index contributed by atoms with van der Waals surface area (Å²) in [5.41, 5.74) is 0. The van der Waals surface area contributed by atoms with Crippen molar-refractivity contribution in [2.75, 3.05) is 19.7 Å². The van der Waals surface area contributed by atoms with E-state index in [1.165, 1.54) is 44.9 Å². The van der Waals surface area contributed by atoms with E-state index in [0.29, 0.717) is 6.17 Å². The van der Waals surface area contributed by atoms with Crippen LogP contribution in [-0.4, -0.2) is 35.5 Å². The number of aliphatic hydroxyl groups excluding tert-OH is 1. The van der Waals surface area contributed by atoms with Gasteiger partial charge in [0.1, 0.15) is 12.7 Å². The lowest BCUT2D eigenvalue weighted by molar-refractivity contribution is -0.900. The van der Waals surface area contributed by atoms with Gasteiger partial charge in [-0.05, 0) is 33.1 Å². The topological polar surface area (TPSA) is 32.3 Å². The summed E-state index contributed by atoms with van der Waals surface area (Å²) in [4.78, 5) is 0. The fraction of sp³-hybridized carbons (Fsp3) is 0.765. The Labute approximate surface area is 125 Å². The van der Waals surface area contributed by atoms with E-state index in [1.54, 1.807) is 0 Å². The average Bonchev–Trinajstić information content (AvgIpc) is 2.86. The summed E-state index contributed by atoms with van der Waals surface area (Å²) in [6.45, 7) is 6.45. The minimum absolute atomic E-state index is 0.265. The number of unbranched alkanes of at least 4 members (excludes halogenated alkanes) is 5. The number of allylic oxidation sites excluding steroid dienone is 2. The molecular formula is C17H33N2O+. The van der Waals surface area contributed by atoms with Gasteiger partial charge in [0.25, 0.3) is 0 Å². The predicted molar refractivity (Wildman–Crippen MR) is 86.0 cm³/mol. The smallest absolute Gasteiger partial charge is 0.166 e. The van der Waals surface area contributed by atoms with Gasteiger partial charge in [-0.3, -0.25) is 4.48 Å². The summed E-state index contributed by atoms with van der Waals surface area (Å²) in [5, 5.41) is 12.7. The second kappa shape index (κ2) is 10.0. The minimum atomic E-state index is 0.265. The Morgan fingerprint density at radius 2 is 1.95 bits per heavy atom. The molecule has 0 fully saturated rings. The van der Waals surface area contributed by atoms with Gasteiger partial charge >= 0.3 is 0 Å². The standard InChI is InChI=1S/C17H33N2O/c1-3-5-6-7-8-9-10-11-12-17-18-13-14-19(17,4-2)15-16-20/h3,5,13-14,17-18,20H,4,6-12,15-16H2,1-2H3/q+1/b5-3+. The van der Waals surface area contributed by atoms with Crippen LogP contribution >= 0.6 is 0 Å². The first-order valence-corrected chi connectivity index (χ1v) is 8.31. The summed E-state index contributed by atoms with van der Waals surface area (Å²) in [6.07, 6.45) is 18.2. The number of nitrogens with zero attached hydrogens (tertiary/aromatic N) is 1. The highest BCUT2D eigenvalue weighted by Crippen LogP contribution is 2.22. The summed E-state index contributed by atoms with van der Waals surface area (Å²) in [6, 6.07) is 0. The third kappa shape index (κ3) is 5.29. The lowest BCUT2D eigenvalue weighted by Crippen LogP contribution is -2.54. The van der Waals surface area contributed by atoms with Crippen LogP contribution in [0.2, 0.25) is 0 Å². The fourth-order valence-corrected chi connectivity index (χ4v) is 3.09. The fourth-order valence-electron chi connectivity index (χ4n) is 3.09. The van der Waals surface area contributed by atoms with Crippen LogP contribution in [0.25, 0.3) is 0 Å². The maximum absolute atomic E-state index is 9.27. The molecule has 0 aliphatic carbocycles. The highest BCUT2D eigenvalue weighted by molar-refractivity contribution is 4.84. The molecule has 0 bridgehead atoms. The summed E-state index contributed by atoms with van der Waals surface area (Å²) in [5.74, 6) is 0. The van der Waals surface area contributed by atoms with Crippen molar-refractivity contribution in [3.05, 3.63) is 24.6 Å². The number of likely N-dealkylation sites (N-methyl/N-ethyl adjacent to an activating group) is 1. The van der Waals surface area contributed by atoms with Gasteiger partial charge in [-0.15, -0.1) is 0 Å². The SMILES string of the molecule is C/C=C/CCCCCCCC1NC=C[N+]1(CC)CCO. The molecule has 0 aromatic rings. The molecule has 0 saturated heterocycles. The number of rotatable bonds is 11. The van der Waals surface area contributed by atoms with E-state index in [9.17, 15) is 5.11 Å². The normalized spacial score (nSPS) is 25.4. The highest BCUT2D eigenvalue weighted by Gasteiger charge is 2.35. The van der Waals surface area contributed by atoms with Gasteiger partial charge in [-0.25, -0.2) is 0 Å². The molecule has 0 amide bonds. The lowest BCUT2D eigenvalue weighted by atomic mass is 10.1. The zero-order valence-electron chi connectivity index (χ0n) is 13.4. The van der Waals surface area contributed by atoms with E-state index in [4.69, 9.17) is 0 Å². The number of hydrogen-bond donors (Lipinski definition) is 2. The first-order chi connectivity index (χ1) is 9.79. The molecule has 0 aromatic heterocycles. The van der Waals surface area contributed by atoms with Crippen molar-refractivity contribution in [2.45, 2.75) is 65.0 Å². The van der Waals surface area contributed by atoms with Crippen molar-refractivity contribution in [2.24, 2.45) is 0 Å². The Morgan fingerprint density at radius 1 is 1.20 bits per heavy atom. The quantitative estimate of drug-likeness (QED) is 0.345. The molecule has 1 aliphatic heterocycles. The van der Waals surface area contributed by atoms with Gasteiger partial charge in [0.05, 0.1) is 19.4 Å². The third-order valence-corrected chi connectivity index (χ3v) is 4.47. The first-order valence-electron chi connectivity index (χ1n) is 8.31. The Bertz CT molecular complexity index is 301. The van der Waals surface area contributed by atoms with Crippen LogP contribution in [0.5, 0.6) is 0 Å². The molecule has 20 heavy (non-hydrogen) atoms. The summed E-state index contributed by atoms with van der Waals surface area (Å²) in [7, 11) is 0. The third-order valence-electron chi connectivity index (χ3n) is 4.47. The number of hydrogen-bond acceptors (Lipinski definition) is 2. The molecule has 1 aliphatic rings. The zero-order valence-corrected chi connectivity index (χ0v) is 13.4. The monoisotopic (exact) mass is 281 g/mol. The van der Waals surface area contributed by atoms with Crippen molar-refractivity contribution in [1.29, 1.82) is 0 Å². The predicted octanol–water partition coefficient (Wildman–Crippen LogP) is 3.52. The molecule has 3 nitrogen and oxygen atoms in total. The molecule has 3 heteroatoms. The van der Waals surface area contributed by atoms with Gasteiger partial charge in [0.2, 0.25) is 0 Å². The first kappa shape index (κ1) is 17.3. The molecule has 1 heterocycles. The van der Waals surface area contributed by atoms with E-state index in [2.05, 4.69) is 43.7 Å². The van der Waals surface area contributed by atoms with Gasteiger partial charge in [-0.1, -0.05) is 31.4 Å². The van der Waals surface area contributed by atoms with E-state index in [0.717, 1.165) is 17.6 Å². The van der Waals surface area contributed by atoms with Gasteiger partial charge in [0, 0.05) is 6.42 Å². The van der Waals surface area contributed by atoms with Gasteiger partial charge in [-0.2, -0.15) is 0 Å². The van der Waals surface area contributed by atoms with Gasteiger partial charge < -0.3 is 10.4 Å². The molecule has 0 spiro atoms. The van der Waals surface area contributed by atoms with E-state index in [1.807, 2.05) is 0 Å². The Hall–Kier alpha value is -0.800. The number of nitrogens with one attached hydrogen (secondary N) is 1. The molecular weight excluding hydrogens is 248 g/mol. The van der Waals surface area contributed by atoms with Crippen molar-refractivity contribution >= 4 is 0 Å². The van der Waals surface area contributed by atoms with Crippen molar-refractivity contribution < 1.29 is 9.59 Å². The number of quaternary nitrogens is 1. The van der Waals surface area contributed by atoms with Crippen LogP contribution in [0.15, 0.2) is 24.6 Å². The Morgan fingerprint density at radius 3 is 2.65 bits per heavy atom. The molecule has 2 unspecified atom stereocenters. The maximum Gasteiger partial charge on any atom is 0.166 e. The highest BCUT2D eigenvalue weighted by atomic mass is 16.3.